The first kappa shape index (κ1) is 19.5. The van der Waals surface area contributed by atoms with Crippen LogP contribution in [0.1, 0.15) is 18.4 Å². The summed E-state index contributed by atoms with van der Waals surface area (Å²) in [6, 6.07) is 15.6. The zero-order chi connectivity index (χ0) is 19.9. The maximum absolute atomic E-state index is 13.6. The lowest BCUT2D eigenvalue weighted by Crippen LogP contribution is -2.41. The van der Waals surface area contributed by atoms with Gasteiger partial charge < -0.3 is 9.64 Å². The molecule has 1 aliphatic rings. The largest absolute Gasteiger partial charge is 0.489 e. The summed E-state index contributed by atoms with van der Waals surface area (Å²) in [6.45, 7) is 0.762. The Morgan fingerprint density at radius 2 is 1.86 bits per heavy atom. The van der Waals surface area contributed by atoms with Gasteiger partial charge in [0.15, 0.2) is 11.6 Å². The van der Waals surface area contributed by atoms with Crippen LogP contribution in [0.15, 0.2) is 59.7 Å². The fraction of sp³-hybridized carbons (Fsp3) is 0.286. The summed E-state index contributed by atoms with van der Waals surface area (Å²) in [4.78, 5) is 26.2. The normalized spacial score (nSPS) is 13.9. The summed E-state index contributed by atoms with van der Waals surface area (Å²) in [6.07, 6.45) is 0.554. The summed E-state index contributed by atoms with van der Waals surface area (Å²) < 4.78 is 18.9. The number of rotatable bonds is 7. The maximum atomic E-state index is 13.6. The van der Waals surface area contributed by atoms with Gasteiger partial charge in [-0.15, -0.1) is 0 Å². The molecule has 0 aromatic heterocycles. The van der Waals surface area contributed by atoms with E-state index in [0.717, 1.165) is 5.56 Å². The highest BCUT2D eigenvalue weighted by molar-refractivity contribution is 6.39. The molecule has 2 aromatic carbocycles. The molecule has 0 unspecified atom stereocenters. The average Bonchev–Trinajstić information content (AvgIpc) is 2.71. The van der Waals surface area contributed by atoms with E-state index in [9.17, 15) is 14.0 Å². The first-order chi connectivity index (χ1) is 13.5. The van der Waals surface area contributed by atoms with Crippen LogP contribution < -0.4 is 4.74 Å². The van der Waals surface area contributed by atoms with Gasteiger partial charge in [0.2, 0.25) is 5.91 Å². The number of likely N-dealkylation sites (N-methyl/N-ethyl adjacent to an activating group) is 1. The van der Waals surface area contributed by atoms with Gasteiger partial charge in [0, 0.05) is 19.9 Å². The molecule has 0 spiro atoms. The van der Waals surface area contributed by atoms with Gasteiger partial charge in [0.1, 0.15) is 12.3 Å². The minimum absolute atomic E-state index is 0.106. The van der Waals surface area contributed by atoms with E-state index < -0.39 is 5.82 Å². The third-order valence-electron chi connectivity index (χ3n) is 4.39. The number of carbonyl (C=O) groups excluding carboxylic acids is 2. The molecule has 0 fully saturated rings. The van der Waals surface area contributed by atoms with Gasteiger partial charge >= 0.3 is 0 Å². The molecule has 0 atom stereocenters. The molecular weight excluding hydrogens is 361 g/mol. The van der Waals surface area contributed by atoms with Crippen molar-refractivity contribution in [2.75, 3.05) is 20.2 Å². The van der Waals surface area contributed by atoms with E-state index in [2.05, 4.69) is 5.10 Å². The number of para-hydroxylation sites is 1. The second-order valence-electron chi connectivity index (χ2n) is 6.49. The third-order valence-corrected chi connectivity index (χ3v) is 4.39. The molecule has 1 heterocycles. The predicted molar refractivity (Wildman–Crippen MR) is 103 cm³/mol. The van der Waals surface area contributed by atoms with Crippen LogP contribution in [0.3, 0.4) is 0 Å². The van der Waals surface area contributed by atoms with Crippen LogP contribution >= 0.6 is 0 Å². The molecule has 7 heteroatoms. The van der Waals surface area contributed by atoms with E-state index in [-0.39, 0.29) is 37.1 Å². The second-order valence-corrected chi connectivity index (χ2v) is 6.49. The number of hydrogen-bond acceptors (Lipinski definition) is 4. The van der Waals surface area contributed by atoms with Crippen molar-refractivity contribution in [3.05, 3.63) is 66.0 Å². The first-order valence-electron chi connectivity index (χ1n) is 9.09. The van der Waals surface area contributed by atoms with Gasteiger partial charge in [-0.3, -0.25) is 9.59 Å². The molecule has 28 heavy (non-hydrogen) atoms. The van der Waals surface area contributed by atoms with Gasteiger partial charge in [-0.05, 0) is 17.7 Å². The molecule has 2 amide bonds. The van der Waals surface area contributed by atoms with Gasteiger partial charge in [0.25, 0.3) is 5.91 Å². The van der Waals surface area contributed by atoms with E-state index in [1.165, 1.54) is 22.0 Å². The lowest BCUT2D eigenvalue weighted by Gasteiger charge is -2.25. The summed E-state index contributed by atoms with van der Waals surface area (Å²) in [7, 11) is 1.63. The molecule has 2 aromatic rings. The van der Waals surface area contributed by atoms with Gasteiger partial charge in [-0.2, -0.15) is 5.10 Å². The smallest absolute Gasteiger partial charge is 0.269 e. The second kappa shape index (κ2) is 9.12. The molecular formula is C21H22FN3O3. The van der Waals surface area contributed by atoms with Crippen LogP contribution in [0.5, 0.6) is 5.75 Å². The Hall–Kier alpha value is -3.22. The van der Waals surface area contributed by atoms with Gasteiger partial charge in [-0.25, -0.2) is 9.40 Å². The highest BCUT2D eigenvalue weighted by atomic mass is 19.1. The Balaban J connectivity index is 1.58. The summed E-state index contributed by atoms with van der Waals surface area (Å²) in [5, 5.41) is 5.61. The fourth-order valence-corrected chi connectivity index (χ4v) is 2.81. The zero-order valence-electron chi connectivity index (χ0n) is 15.7. The Morgan fingerprint density at radius 1 is 1.14 bits per heavy atom. The molecule has 0 bridgehead atoms. The zero-order valence-corrected chi connectivity index (χ0v) is 15.7. The van der Waals surface area contributed by atoms with E-state index >= 15 is 0 Å². The molecule has 3 rings (SSSR count). The standard InChI is InChI=1S/C21H22FN3O3/c1-24(13-14-28-19-10-6-5-9-17(19)22)21(27)18-11-12-20(26)25(23-18)15-16-7-3-2-4-8-16/h2-10H,11-15H2,1H3. The van der Waals surface area contributed by atoms with Crippen molar-refractivity contribution >= 4 is 17.5 Å². The van der Waals surface area contributed by atoms with Gasteiger partial charge in [0.05, 0.1) is 13.1 Å². The topological polar surface area (TPSA) is 62.2 Å². The predicted octanol–water partition coefficient (Wildman–Crippen LogP) is 2.84. The lowest BCUT2D eigenvalue weighted by molar-refractivity contribution is -0.132. The number of halogens is 1. The summed E-state index contributed by atoms with van der Waals surface area (Å²) in [5.74, 6) is -0.658. The van der Waals surface area contributed by atoms with Crippen molar-refractivity contribution in [1.29, 1.82) is 0 Å². The van der Waals surface area contributed by atoms with Crippen LogP contribution in [-0.4, -0.2) is 47.6 Å². The maximum Gasteiger partial charge on any atom is 0.269 e. The Labute approximate surface area is 163 Å². The quantitative estimate of drug-likeness (QED) is 0.739. The number of benzene rings is 2. The molecule has 0 saturated heterocycles. The summed E-state index contributed by atoms with van der Waals surface area (Å²) >= 11 is 0. The Bertz CT molecular complexity index is 870. The lowest BCUT2D eigenvalue weighted by atomic mass is 10.1. The van der Waals surface area contributed by atoms with E-state index in [1.807, 2.05) is 30.3 Å². The minimum Gasteiger partial charge on any atom is -0.489 e. The molecule has 0 saturated carbocycles. The van der Waals surface area contributed by atoms with E-state index in [1.54, 1.807) is 19.2 Å². The van der Waals surface area contributed by atoms with Crippen LogP contribution in [0.2, 0.25) is 0 Å². The first-order valence-corrected chi connectivity index (χ1v) is 9.09. The Morgan fingerprint density at radius 3 is 2.61 bits per heavy atom. The number of hydrazone groups is 1. The number of carbonyl (C=O) groups is 2. The molecule has 0 N–H and O–H groups in total. The number of amides is 2. The van der Waals surface area contributed by atoms with Crippen molar-refractivity contribution in [3.8, 4) is 5.75 Å². The molecule has 1 aliphatic heterocycles. The van der Waals surface area contributed by atoms with Crippen molar-refractivity contribution in [2.24, 2.45) is 5.10 Å². The van der Waals surface area contributed by atoms with E-state index in [4.69, 9.17) is 4.74 Å². The molecule has 0 radical (unpaired) electrons. The number of nitrogens with zero attached hydrogens (tertiary/aromatic N) is 3. The van der Waals surface area contributed by atoms with Crippen molar-refractivity contribution < 1.29 is 18.7 Å². The fourth-order valence-electron chi connectivity index (χ4n) is 2.81. The highest BCUT2D eigenvalue weighted by Crippen LogP contribution is 2.16. The highest BCUT2D eigenvalue weighted by Gasteiger charge is 2.26. The monoisotopic (exact) mass is 383 g/mol. The van der Waals surface area contributed by atoms with Crippen molar-refractivity contribution in [3.63, 3.8) is 0 Å². The number of hydrogen-bond donors (Lipinski definition) is 0. The van der Waals surface area contributed by atoms with Crippen LogP contribution in [0, 0.1) is 5.82 Å². The number of ether oxygens (including phenoxy) is 1. The molecule has 146 valence electrons. The molecule has 0 aliphatic carbocycles. The van der Waals surface area contributed by atoms with Crippen LogP contribution in [-0.2, 0) is 16.1 Å². The van der Waals surface area contributed by atoms with E-state index in [0.29, 0.717) is 18.7 Å². The van der Waals surface area contributed by atoms with Crippen molar-refractivity contribution in [1.82, 2.24) is 9.91 Å². The Kier molecular flexibility index (Phi) is 6.37. The molecule has 6 nitrogen and oxygen atoms in total. The summed E-state index contributed by atoms with van der Waals surface area (Å²) in [5.41, 5.74) is 1.28. The van der Waals surface area contributed by atoms with Gasteiger partial charge in [-0.1, -0.05) is 42.5 Å². The third kappa shape index (κ3) is 4.94. The van der Waals surface area contributed by atoms with Crippen LogP contribution in [0.25, 0.3) is 0 Å². The average molecular weight is 383 g/mol. The van der Waals surface area contributed by atoms with Crippen LogP contribution in [0.4, 0.5) is 4.39 Å². The minimum atomic E-state index is -0.441. The van der Waals surface area contributed by atoms with Crippen molar-refractivity contribution in [2.45, 2.75) is 19.4 Å². The SMILES string of the molecule is CN(CCOc1ccccc1F)C(=O)C1=NN(Cc2ccccc2)C(=O)CC1.